The Morgan fingerprint density at radius 3 is 2.30 bits per heavy atom. The normalized spacial score (nSPS) is 23.8. The fraction of sp³-hybridized carbons (Fsp3) is 0.333. The molecular weight excluding hydrogens is 484 g/mol. The van der Waals surface area contributed by atoms with Gasteiger partial charge in [0, 0.05) is 4.47 Å². The molecule has 1 aromatic carbocycles. The average molecular weight is 505 g/mol. The minimum absolute atomic E-state index is 0.0815. The Morgan fingerprint density at radius 1 is 1.20 bits per heavy atom. The molecule has 0 fully saturated rings. The molecule has 30 heavy (non-hydrogen) atoms. The number of benzene rings is 1. The smallest absolute Gasteiger partial charge is 0.410 e. The molecular formula is C21H21BrF3O4P. The van der Waals surface area contributed by atoms with Gasteiger partial charge < -0.3 is 9.26 Å². The van der Waals surface area contributed by atoms with E-state index in [1.54, 1.807) is 22.5 Å². The van der Waals surface area contributed by atoms with Gasteiger partial charge in [-0.3, -0.25) is 9.59 Å². The van der Waals surface area contributed by atoms with Crippen LogP contribution in [0.1, 0.15) is 32.3 Å². The Bertz CT molecular complexity index is 925. The summed E-state index contributed by atoms with van der Waals surface area (Å²) >= 11 is 3.24. The zero-order valence-corrected chi connectivity index (χ0v) is 19.1. The van der Waals surface area contributed by atoms with Crippen LogP contribution in [0, 0.1) is 5.41 Å². The van der Waals surface area contributed by atoms with Crippen LogP contribution in [0.3, 0.4) is 0 Å². The van der Waals surface area contributed by atoms with Gasteiger partial charge in [-0.25, -0.2) is 0 Å². The van der Waals surface area contributed by atoms with E-state index < -0.39 is 28.9 Å². The van der Waals surface area contributed by atoms with Crippen molar-refractivity contribution in [1.29, 1.82) is 0 Å². The first kappa shape index (κ1) is 24.4. The summed E-state index contributed by atoms with van der Waals surface area (Å²) in [7, 11) is 1.56. The first-order valence-corrected chi connectivity index (χ1v) is 10.3. The van der Waals surface area contributed by atoms with Crippen molar-refractivity contribution in [2.45, 2.75) is 38.3 Å². The van der Waals surface area contributed by atoms with E-state index in [4.69, 9.17) is 4.74 Å². The fourth-order valence-electron chi connectivity index (χ4n) is 4.21. The summed E-state index contributed by atoms with van der Waals surface area (Å²) in [5.74, 6) is -2.92. The number of ether oxygens (including phenoxy) is 1. The number of carbonyl (C=O) groups is 2. The fourth-order valence-corrected chi connectivity index (χ4v) is 4.98. The molecule has 0 saturated carbocycles. The molecule has 0 heterocycles. The van der Waals surface area contributed by atoms with E-state index in [0.717, 1.165) is 12.3 Å². The molecule has 9 heteroatoms. The maximum absolute atomic E-state index is 15.1. The lowest BCUT2D eigenvalue weighted by Gasteiger charge is -2.49. The predicted molar refractivity (Wildman–Crippen MR) is 113 cm³/mol. The van der Waals surface area contributed by atoms with Gasteiger partial charge in [-0.15, -0.1) is 0 Å². The van der Waals surface area contributed by atoms with Crippen LogP contribution >= 0.6 is 25.4 Å². The molecule has 162 valence electrons. The first-order valence-electron chi connectivity index (χ1n) is 9.06. The summed E-state index contributed by atoms with van der Waals surface area (Å²) in [5, 5.41) is 0. The zero-order chi connectivity index (χ0) is 22.7. The molecule has 2 rings (SSSR count). The Labute approximate surface area is 183 Å². The number of esters is 1. The van der Waals surface area contributed by atoms with E-state index in [9.17, 15) is 9.59 Å². The van der Waals surface area contributed by atoms with E-state index in [0.29, 0.717) is 5.57 Å². The maximum Gasteiger partial charge on any atom is 0.410 e. The molecule has 4 nitrogen and oxygen atoms in total. The summed E-state index contributed by atoms with van der Waals surface area (Å²) in [6, 6.07) is 5.90. The molecule has 0 aliphatic heterocycles. The third kappa shape index (κ3) is 3.34. The lowest BCUT2D eigenvalue weighted by Crippen LogP contribution is -2.64. The predicted octanol–water partition coefficient (Wildman–Crippen LogP) is 5.94. The summed E-state index contributed by atoms with van der Waals surface area (Å²) in [5.41, 5.74) is -5.96. The van der Waals surface area contributed by atoms with E-state index in [1.807, 2.05) is 0 Å². The van der Waals surface area contributed by atoms with Crippen LogP contribution in [0.2, 0.25) is 0 Å². The Balaban J connectivity index is 3.20. The van der Waals surface area contributed by atoms with Crippen molar-refractivity contribution in [2.75, 3.05) is 0 Å². The van der Waals surface area contributed by atoms with Crippen LogP contribution in [-0.2, 0) is 24.3 Å². The number of allylic oxidation sites excluding steroid dienone is 2. The summed E-state index contributed by atoms with van der Waals surface area (Å²) in [6.07, 6.45) is -1.83. The minimum Gasteiger partial charge on any atom is -0.451 e. The van der Waals surface area contributed by atoms with Gasteiger partial charge in [0.2, 0.25) is 5.41 Å². The molecule has 1 aromatic rings. The monoisotopic (exact) mass is 504 g/mol. The molecule has 0 radical (unpaired) electrons. The molecule has 1 aliphatic carbocycles. The van der Waals surface area contributed by atoms with Gasteiger partial charge in [0.05, 0.1) is 15.7 Å². The van der Waals surface area contributed by atoms with Crippen LogP contribution in [0.4, 0.5) is 13.2 Å². The van der Waals surface area contributed by atoms with Gasteiger partial charge >= 0.3 is 18.1 Å². The van der Waals surface area contributed by atoms with Crippen LogP contribution in [0.5, 0.6) is 0 Å². The third-order valence-corrected chi connectivity index (χ3v) is 6.26. The van der Waals surface area contributed by atoms with Gasteiger partial charge in [0.1, 0.15) is 5.41 Å². The second-order valence-corrected chi connectivity index (χ2v) is 7.65. The van der Waals surface area contributed by atoms with Crippen molar-refractivity contribution in [1.82, 2.24) is 0 Å². The van der Waals surface area contributed by atoms with Gasteiger partial charge in [0.15, 0.2) is 0 Å². The molecule has 0 saturated heterocycles. The highest BCUT2D eigenvalue weighted by molar-refractivity contribution is 9.10. The van der Waals surface area contributed by atoms with E-state index >= 15 is 13.2 Å². The highest BCUT2D eigenvalue weighted by atomic mass is 79.9. The molecule has 0 amide bonds. The van der Waals surface area contributed by atoms with Crippen LogP contribution in [0.15, 0.2) is 64.9 Å². The first-order chi connectivity index (χ1) is 14.1. The third-order valence-electron chi connectivity index (χ3n) is 5.35. The SMILES string of the molecule is C=COC(=O)C1(c2ccccc2Br)C=CC(CC)=C(CC)C1(C(=O)OP)C(F)(F)F. The van der Waals surface area contributed by atoms with Gasteiger partial charge in [-0.1, -0.05) is 66.7 Å². The zero-order valence-electron chi connectivity index (χ0n) is 16.4. The van der Waals surface area contributed by atoms with Crippen molar-refractivity contribution in [2.24, 2.45) is 5.41 Å². The minimum atomic E-state index is -5.20. The van der Waals surface area contributed by atoms with Crippen LogP contribution in [0.25, 0.3) is 0 Å². The number of halogens is 4. The van der Waals surface area contributed by atoms with Crippen LogP contribution in [-0.4, -0.2) is 18.1 Å². The van der Waals surface area contributed by atoms with Gasteiger partial charge in [0.25, 0.3) is 0 Å². The van der Waals surface area contributed by atoms with E-state index in [1.165, 1.54) is 31.2 Å². The second-order valence-electron chi connectivity index (χ2n) is 6.56. The topological polar surface area (TPSA) is 52.6 Å². The number of alkyl halides is 3. The standard InChI is InChI=1S/C21H21BrF3O4P/c1-4-13-11-12-19(17(26)28-6-3,15-9-7-8-10-16(15)22)20(14(13)5-2,18(27)29-30)21(23,24)25/h6-12H,3-5,30H2,1-2H3. The number of hydrogen-bond donors (Lipinski definition) is 0. The van der Waals surface area contributed by atoms with E-state index in [-0.39, 0.29) is 28.5 Å². The second kappa shape index (κ2) is 9.06. The Morgan fingerprint density at radius 2 is 1.83 bits per heavy atom. The highest BCUT2D eigenvalue weighted by Gasteiger charge is 2.78. The van der Waals surface area contributed by atoms with Crippen molar-refractivity contribution in [3.8, 4) is 0 Å². The lowest BCUT2D eigenvalue weighted by atomic mass is 9.52. The molecule has 0 aromatic heterocycles. The quantitative estimate of drug-likeness (QED) is 0.273. The number of hydrogen-bond acceptors (Lipinski definition) is 4. The van der Waals surface area contributed by atoms with Crippen molar-refractivity contribution in [3.05, 3.63) is 70.4 Å². The molecule has 0 N–H and O–H groups in total. The number of carbonyl (C=O) groups excluding carboxylic acids is 2. The largest absolute Gasteiger partial charge is 0.451 e. The Hall–Kier alpha value is -1.92. The van der Waals surface area contributed by atoms with Crippen molar-refractivity contribution < 1.29 is 32.0 Å². The molecule has 3 atom stereocenters. The number of rotatable bonds is 6. The molecule has 3 unspecified atom stereocenters. The average Bonchev–Trinajstić information content (AvgIpc) is 2.71. The molecule has 1 aliphatic rings. The van der Waals surface area contributed by atoms with Crippen molar-refractivity contribution in [3.63, 3.8) is 0 Å². The summed E-state index contributed by atoms with van der Waals surface area (Å²) in [4.78, 5) is 26.4. The van der Waals surface area contributed by atoms with Crippen molar-refractivity contribution >= 4 is 37.3 Å². The molecule has 0 bridgehead atoms. The Kier molecular flexibility index (Phi) is 7.36. The van der Waals surface area contributed by atoms with Gasteiger partial charge in [-0.2, -0.15) is 13.2 Å². The lowest BCUT2D eigenvalue weighted by molar-refractivity contribution is -0.236. The highest BCUT2D eigenvalue weighted by Crippen LogP contribution is 2.63. The van der Waals surface area contributed by atoms with Crippen LogP contribution < -0.4 is 0 Å². The van der Waals surface area contributed by atoms with E-state index in [2.05, 4.69) is 27.0 Å². The summed E-state index contributed by atoms with van der Waals surface area (Å²) in [6.45, 7) is 6.48. The maximum atomic E-state index is 15.1. The van der Waals surface area contributed by atoms with Gasteiger partial charge in [-0.05, 0) is 35.6 Å². The summed E-state index contributed by atoms with van der Waals surface area (Å²) < 4.78 is 55.0. The molecule has 0 spiro atoms.